The summed E-state index contributed by atoms with van der Waals surface area (Å²) in [7, 11) is 6.11. The molecule has 0 aromatic heterocycles. The summed E-state index contributed by atoms with van der Waals surface area (Å²) in [6.45, 7) is 18.2. The summed E-state index contributed by atoms with van der Waals surface area (Å²) in [5.41, 5.74) is 14.3. The van der Waals surface area contributed by atoms with Crippen molar-refractivity contribution in [1.29, 1.82) is 0 Å². The highest BCUT2D eigenvalue weighted by Gasteiger charge is 2.50. The van der Waals surface area contributed by atoms with E-state index in [4.69, 9.17) is 111 Å². The lowest BCUT2D eigenvalue weighted by atomic mass is 9.95. The lowest BCUT2D eigenvalue weighted by Gasteiger charge is -2.34. The number of nitrogens with one attached hydrogen (secondary N) is 2. The number of halogens is 4. The number of carbonyl (C=O) groups is 9. The Morgan fingerprint density at radius 1 is 0.538 bits per heavy atom. The summed E-state index contributed by atoms with van der Waals surface area (Å²) in [6, 6.07) is 43.0. The Morgan fingerprint density at radius 3 is 1.29 bits per heavy atom. The molecule has 119 heavy (non-hydrogen) atoms. The SMILES string of the molecule is CC(C)(C)OC(=O)N1[C@H](C(=O)O)COC1(C)C.CCO.COc1ccc(N)c(C(=O)c2ccc(Cl)cc2)c1.COc1ccc(NC(=O)[C@@H](N)CO)c(C(=O)c2ccc(Cl)cc2)c1.COc1ccc(NC(=O)[C@@H]2COC(C)(C)N2C(=O)OC(C)(C)C)c(C(=O)c2ccc(Cl)cc2)c1.COc1ccc2c(c1)C(c1ccc(Cl)cc1)=N[C@@H](CO)C(=O)C2. The number of aliphatic hydroxyl groups is 3. The number of nitrogens with zero attached hydrogens (tertiary/aromatic N) is 3. The van der Waals surface area contributed by atoms with E-state index in [1.807, 2.05) is 30.3 Å². The summed E-state index contributed by atoms with van der Waals surface area (Å²) < 4.78 is 42.5. The summed E-state index contributed by atoms with van der Waals surface area (Å²) in [5.74, 6) is -0.849. The molecule has 4 amide bonds. The number of ketones is 4. The largest absolute Gasteiger partial charge is 0.497 e. The minimum Gasteiger partial charge on any atom is -0.497 e. The van der Waals surface area contributed by atoms with Crippen molar-refractivity contribution in [2.45, 2.75) is 129 Å². The maximum absolute atomic E-state index is 13.3. The molecule has 3 heterocycles. The number of nitrogen functional groups attached to an aromatic ring is 1. The number of aliphatic hydroxyl groups excluding tert-OH is 3. The monoisotopic (exact) mass is 1720 g/mol. The molecule has 3 aliphatic heterocycles. The number of carboxylic acids is 1. The van der Waals surface area contributed by atoms with E-state index in [-0.39, 0.29) is 78.5 Å². The number of aliphatic imine (C=N–C) groups is 1. The molecule has 0 radical (unpaired) electrons. The number of fused-ring (bicyclic) bond motifs is 1. The van der Waals surface area contributed by atoms with Gasteiger partial charge in [-0.25, -0.2) is 14.4 Å². The Bertz CT molecular complexity index is 4920. The first kappa shape index (κ1) is 96.8. The maximum atomic E-state index is 13.3. The number of anilines is 3. The first-order valence-electron chi connectivity index (χ1n) is 37.0. The second-order valence-electron chi connectivity index (χ2n) is 29.3. The van der Waals surface area contributed by atoms with Gasteiger partial charge in [-0.2, -0.15) is 0 Å². The average molecular weight is 1720 g/mol. The Kier molecular flexibility index (Phi) is 35.5. The van der Waals surface area contributed by atoms with Crippen molar-refractivity contribution in [1.82, 2.24) is 9.80 Å². The van der Waals surface area contributed by atoms with Gasteiger partial charge in [-0.3, -0.25) is 43.6 Å². The van der Waals surface area contributed by atoms with Crippen molar-refractivity contribution in [3.63, 3.8) is 0 Å². The van der Waals surface area contributed by atoms with Crippen LogP contribution in [0.25, 0.3) is 0 Å². The molecule has 28 nitrogen and oxygen atoms in total. The van der Waals surface area contributed by atoms with Crippen LogP contribution in [0.5, 0.6) is 23.0 Å². The van der Waals surface area contributed by atoms with Gasteiger partial charge in [-0.05, 0) is 233 Å². The molecule has 11 rings (SSSR count). The highest BCUT2D eigenvalue weighted by atomic mass is 35.5. The van der Waals surface area contributed by atoms with E-state index in [0.717, 1.165) is 21.6 Å². The first-order valence-corrected chi connectivity index (χ1v) is 38.5. The standard InChI is InChI=1S/C25H29ClN2O6.C18H16ClNO3.C17H17ClN2O4.C14H12ClNO2.C11H19NO5.C2H6O/c1-24(2,3)34-23(31)28-20(14-33-25(28,4)5)22(30)27-19-12-11-17(32-6)13-18(19)21(29)15-7-9-16(26)10-8-15;1-23-14-7-4-12-8-17(22)16(10-21)20-18(15(12)9-14)11-2-5-13(19)6-3-11;1-24-12-6-7-15(20-17(23)14(19)9-21)13(8-12)16(22)10-2-4-11(18)5-3-10;1-18-11-6-7-13(16)12(8-11)14(17)9-2-4-10(15)5-3-9;1-10(2,3)17-9(15)12-7(8(13)14)6-16-11(12,4)5;1-2-3/h7-13,20H,14H2,1-6H3,(H,27,30);2-7,9,16,21H,8,10H2,1H3;2-8,14,21H,9,19H2,1H3,(H,20,23);2-8H,16H2,1H3;7H,6H2,1-5H3,(H,13,14);3H,2H2,1H3/t20-;16-;14-;;7-;/m000.0./s1. The van der Waals surface area contributed by atoms with Crippen LogP contribution in [0.4, 0.5) is 26.7 Å². The molecule has 2 saturated heterocycles. The highest BCUT2D eigenvalue weighted by Crippen LogP contribution is 2.35. The number of aliphatic carboxylic acids is 1. The second-order valence-corrected chi connectivity index (χ2v) is 31.0. The van der Waals surface area contributed by atoms with Crippen LogP contribution in [0, 0.1) is 0 Å². The molecule has 4 atom stereocenters. The van der Waals surface area contributed by atoms with E-state index in [1.165, 1.54) is 25.2 Å². The zero-order chi connectivity index (χ0) is 88.6. The summed E-state index contributed by atoms with van der Waals surface area (Å²) >= 11 is 23.5. The van der Waals surface area contributed by atoms with Crippen molar-refractivity contribution < 1.29 is 101 Å². The number of rotatable bonds is 18. The van der Waals surface area contributed by atoms with Gasteiger partial charge in [0.25, 0.3) is 0 Å². The number of methoxy groups -OCH3 is 4. The third-order valence-electron chi connectivity index (χ3n) is 17.4. The molecule has 8 aromatic rings. The normalized spacial score (nSPS) is 15.7. The average Bonchev–Trinajstić information content (AvgIpc) is 1.59. The molecule has 0 unspecified atom stereocenters. The molecule has 32 heteroatoms. The van der Waals surface area contributed by atoms with E-state index < -0.39 is 83.4 Å². The van der Waals surface area contributed by atoms with Crippen LogP contribution in [0.15, 0.2) is 175 Å². The molecule has 8 aromatic carbocycles. The Morgan fingerprint density at radius 2 is 0.899 bits per heavy atom. The Labute approximate surface area is 710 Å². The van der Waals surface area contributed by atoms with Crippen molar-refractivity contribution in [2.24, 2.45) is 10.7 Å². The fraction of sp³-hybridized carbons (Fsp3) is 0.333. The van der Waals surface area contributed by atoms with Crippen molar-refractivity contribution in [3.8, 4) is 23.0 Å². The van der Waals surface area contributed by atoms with Crippen molar-refractivity contribution in [2.75, 3.05) is 77.8 Å². The maximum Gasteiger partial charge on any atom is 0.413 e. The van der Waals surface area contributed by atoms with Gasteiger partial charge in [0, 0.05) is 83.3 Å². The number of benzene rings is 8. The highest BCUT2D eigenvalue weighted by molar-refractivity contribution is 6.32. The van der Waals surface area contributed by atoms with Gasteiger partial charge in [0.15, 0.2) is 29.2 Å². The summed E-state index contributed by atoms with van der Waals surface area (Å²) in [6.07, 6.45) is -1.10. The molecular formula is C87H99Cl4N7O21. The number of carbonyl (C=O) groups excluding carboxylic acids is 8. The fourth-order valence-electron chi connectivity index (χ4n) is 11.5. The zero-order valence-corrected chi connectivity index (χ0v) is 71.5. The second kappa shape index (κ2) is 43.6. The van der Waals surface area contributed by atoms with Crippen LogP contribution in [-0.4, -0.2) is 197 Å². The van der Waals surface area contributed by atoms with Gasteiger partial charge in [0.05, 0.1) is 72.0 Å². The Balaban J connectivity index is 0.000000234. The topological polar surface area (TPSA) is 403 Å². The minimum absolute atomic E-state index is 0.0192. The van der Waals surface area contributed by atoms with Crippen molar-refractivity contribution in [3.05, 3.63) is 240 Å². The number of ether oxygens (including phenoxy) is 8. The van der Waals surface area contributed by atoms with Crippen LogP contribution in [0.2, 0.25) is 20.1 Å². The first-order chi connectivity index (χ1) is 56.0. The number of amides is 4. The minimum atomic E-state index is -1.10. The third kappa shape index (κ3) is 27.5. The smallest absolute Gasteiger partial charge is 0.413 e. The molecule has 10 N–H and O–H groups in total. The van der Waals surface area contributed by atoms with E-state index >= 15 is 0 Å². The number of Topliss-reactive ketones (excluding diaryl/α,β-unsaturated/α-hetero) is 1. The van der Waals surface area contributed by atoms with Crippen LogP contribution in [-0.2, 0) is 44.5 Å². The predicted molar refractivity (Wildman–Crippen MR) is 454 cm³/mol. The lowest BCUT2D eigenvalue weighted by molar-refractivity contribution is -0.143. The van der Waals surface area contributed by atoms with E-state index in [2.05, 4.69) is 15.6 Å². The number of carboxylic acid groups (broad SMARTS) is 1. The van der Waals surface area contributed by atoms with Gasteiger partial charge >= 0.3 is 18.2 Å². The lowest BCUT2D eigenvalue weighted by Crippen LogP contribution is -2.53. The van der Waals surface area contributed by atoms with Crippen LogP contribution in [0.1, 0.15) is 141 Å². The van der Waals surface area contributed by atoms with E-state index in [9.17, 15) is 48.3 Å². The Hall–Kier alpha value is -11.0. The summed E-state index contributed by atoms with van der Waals surface area (Å²) in [5, 5.41) is 42.6. The molecule has 0 spiro atoms. The molecule has 0 aliphatic carbocycles. The van der Waals surface area contributed by atoms with Gasteiger partial charge < -0.3 is 80.4 Å². The number of hydrogen-bond donors (Lipinski definition) is 8. The summed E-state index contributed by atoms with van der Waals surface area (Å²) in [4.78, 5) is 118. The molecule has 0 bridgehead atoms. The quantitative estimate of drug-likeness (QED) is 0.0292. The third-order valence-corrected chi connectivity index (χ3v) is 18.4. The van der Waals surface area contributed by atoms with Crippen LogP contribution < -0.4 is 41.0 Å². The molecule has 3 aliphatic rings. The van der Waals surface area contributed by atoms with Gasteiger partial charge in [0.2, 0.25) is 11.8 Å². The van der Waals surface area contributed by atoms with Crippen molar-refractivity contribution >= 4 is 122 Å². The fourth-order valence-corrected chi connectivity index (χ4v) is 12.0. The predicted octanol–water partition coefficient (Wildman–Crippen LogP) is 14.0. The van der Waals surface area contributed by atoms with Gasteiger partial charge in [-0.1, -0.05) is 64.6 Å². The van der Waals surface area contributed by atoms with E-state index in [0.29, 0.717) is 76.7 Å². The molecule has 2 fully saturated rings. The van der Waals surface area contributed by atoms with E-state index in [1.54, 1.807) is 224 Å². The van der Waals surface area contributed by atoms with Crippen LogP contribution >= 0.6 is 46.4 Å². The number of nitrogens with two attached hydrogens (primary N) is 2. The zero-order valence-electron chi connectivity index (χ0n) is 68.5. The van der Waals surface area contributed by atoms with Crippen LogP contribution in [0.3, 0.4) is 0 Å². The molecule has 636 valence electrons. The molecule has 0 saturated carbocycles. The molecular weight excluding hydrogens is 1620 g/mol. The van der Waals surface area contributed by atoms with Gasteiger partial charge in [0.1, 0.15) is 63.8 Å². The van der Waals surface area contributed by atoms with Gasteiger partial charge in [-0.15, -0.1) is 0 Å². The number of hydrogen-bond acceptors (Lipinski definition) is 23.